The van der Waals surface area contributed by atoms with Crippen molar-refractivity contribution in [2.45, 2.75) is 17.9 Å². The molecule has 106 valence electrons. The van der Waals surface area contributed by atoms with E-state index in [0.29, 0.717) is 13.2 Å². The Hall–Kier alpha value is -0.900. The number of sulfonamides is 1. The Kier molecular flexibility index (Phi) is 4.00. The first-order valence-electron chi connectivity index (χ1n) is 5.46. The van der Waals surface area contributed by atoms with Crippen molar-refractivity contribution in [1.82, 2.24) is 4.31 Å². The number of ether oxygens (including phenoxy) is 1. The quantitative estimate of drug-likeness (QED) is 0.875. The number of hydrogen-bond donors (Lipinski definition) is 1. The molecule has 0 unspecified atom stereocenters. The van der Waals surface area contributed by atoms with Gasteiger partial charge in [-0.2, -0.15) is 4.31 Å². The normalized spacial score (nSPS) is 21.5. The molecule has 1 N–H and O–H groups in total. The van der Waals surface area contributed by atoms with E-state index in [1.54, 1.807) is 6.92 Å². The van der Waals surface area contributed by atoms with Crippen molar-refractivity contribution < 1.29 is 27.5 Å². The number of nitrogens with zero attached hydrogens (tertiary/aromatic N) is 1. The lowest BCUT2D eigenvalue weighted by Gasteiger charge is -2.31. The van der Waals surface area contributed by atoms with Crippen molar-refractivity contribution >= 4 is 31.9 Å². The van der Waals surface area contributed by atoms with Gasteiger partial charge in [0.25, 0.3) is 0 Å². The summed E-state index contributed by atoms with van der Waals surface area (Å²) in [5.74, 6) is -1.75. The summed E-state index contributed by atoms with van der Waals surface area (Å²) in [7, 11) is -3.81. The third kappa shape index (κ3) is 2.69. The SMILES string of the molecule is C[C@@H]1COCCN1S(=O)(=O)c1cc(C(=O)O)oc1Br. The zero-order chi connectivity index (χ0) is 14.2. The molecule has 0 saturated carbocycles. The van der Waals surface area contributed by atoms with Crippen LogP contribution < -0.4 is 0 Å². The molecular formula is C10H12BrNO6S. The molecular weight excluding hydrogens is 342 g/mol. The van der Waals surface area contributed by atoms with Crippen LogP contribution in [0.1, 0.15) is 17.5 Å². The van der Waals surface area contributed by atoms with Crippen LogP contribution in [0.2, 0.25) is 0 Å². The molecule has 1 aromatic rings. The van der Waals surface area contributed by atoms with Crippen LogP contribution in [0.5, 0.6) is 0 Å². The van der Waals surface area contributed by atoms with Crippen molar-refractivity contribution in [3.8, 4) is 0 Å². The number of carboxylic acids is 1. The van der Waals surface area contributed by atoms with E-state index >= 15 is 0 Å². The molecule has 1 fully saturated rings. The van der Waals surface area contributed by atoms with E-state index in [4.69, 9.17) is 14.3 Å². The molecule has 0 aliphatic carbocycles. The van der Waals surface area contributed by atoms with E-state index in [-0.39, 0.29) is 22.2 Å². The van der Waals surface area contributed by atoms with Gasteiger partial charge in [0.1, 0.15) is 4.90 Å². The van der Waals surface area contributed by atoms with Gasteiger partial charge in [0.15, 0.2) is 4.67 Å². The highest BCUT2D eigenvalue weighted by molar-refractivity contribution is 9.10. The van der Waals surface area contributed by atoms with Crippen LogP contribution in [-0.4, -0.2) is 49.6 Å². The molecule has 2 rings (SSSR count). The van der Waals surface area contributed by atoms with Crippen LogP contribution in [0, 0.1) is 0 Å². The van der Waals surface area contributed by atoms with Crippen molar-refractivity contribution in [1.29, 1.82) is 0 Å². The number of carbonyl (C=O) groups is 1. The molecule has 0 spiro atoms. The van der Waals surface area contributed by atoms with E-state index in [2.05, 4.69) is 15.9 Å². The van der Waals surface area contributed by atoms with Crippen molar-refractivity contribution in [2.75, 3.05) is 19.8 Å². The lowest BCUT2D eigenvalue weighted by atomic mass is 10.3. The fourth-order valence-electron chi connectivity index (χ4n) is 1.83. The molecule has 7 nitrogen and oxygen atoms in total. The minimum absolute atomic E-state index is 0.108. The first-order chi connectivity index (χ1) is 8.84. The first kappa shape index (κ1) is 14.5. The lowest BCUT2D eigenvalue weighted by molar-refractivity contribution is 0.0392. The molecule has 0 radical (unpaired) electrons. The highest BCUT2D eigenvalue weighted by atomic mass is 79.9. The van der Waals surface area contributed by atoms with E-state index in [1.807, 2.05) is 0 Å². The Morgan fingerprint density at radius 1 is 1.58 bits per heavy atom. The first-order valence-corrected chi connectivity index (χ1v) is 7.69. The van der Waals surface area contributed by atoms with Gasteiger partial charge in [-0.1, -0.05) is 0 Å². The predicted octanol–water partition coefficient (Wildman–Crippen LogP) is 1.15. The summed E-state index contributed by atoms with van der Waals surface area (Å²) in [5, 5.41) is 8.81. The van der Waals surface area contributed by atoms with Gasteiger partial charge in [0.2, 0.25) is 15.8 Å². The monoisotopic (exact) mass is 353 g/mol. The minimum atomic E-state index is -3.81. The largest absolute Gasteiger partial charge is 0.475 e. The maximum Gasteiger partial charge on any atom is 0.371 e. The Morgan fingerprint density at radius 3 is 2.79 bits per heavy atom. The third-order valence-corrected chi connectivity index (χ3v) is 5.63. The molecule has 9 heteroatoms. The smallest absolute Gasteiger partial charge is 0.371 e. The standard InChI is InChI=1S/C10H12BrNO6S/c1-6-5-17-3-2-12(6)19(15,16)8-4-7(10(13)14)18-9(8)11/h4,6H,2-3,5H2,1H3,(H,13,14)/t6-/m1/s1. The summed E-state index contributed by atoms with van der Waals surface area (Å²) in [6, 6.07) is 0.693. The van der Waals surface area contributed by atoms with Gasteiger partial charge < -0.3 is 14.3 Å². The molecule has 1 aromatic heterocycles. The summed E-state index contributed by atoms with van der Waals surface area (Å²) in [6.45, 7) is 2.57. The van der Waals surface area contributed by atoms with Gasteiger partial charge in [-0.3, -0.25) is 0 Å². The Bertz CT molecular complexity index is 595. The predicted molar refractivity (Wildman–Crippen MR) is 67.5 cm³/mol. The van der Waals surface area contributed by atoms with Crippen molar-refractivity contribution in [3.63, 3.8) is 0 Å². The molecule has 1 saturated heterocycles. The molecule has 1 aliphatic rings. The number of hydrogen-bond acceptors (Lipinski definition) is 5. The Morgan fingerprint density at radius 2 is 2.26 bits per heavy atom. The highest BCUT2D eigenvalue weighted by Crippen LogP contribution is 2.30. The summed E-state index contributed by atoms with van der Waals surface area (Å²) in [4.78, 5) is 10.6. The van der Waals surface area contributed by atoms with Crippen molar-refractivity contribution in [2.24, 2.45) is 0 Å². The van der Waals surface area contributed by atoms with E-state index < -0.39 is 21.8 Å². The number of carboxylic acid groups (broad SMARTS) is 1. The Balaban J connectivity index is 2.41. The van der Waals surface area contributed by atoms with Gasteiger partial charge in [-0.05, 0) is 22.9 Å². The number of furan rings is 1. The fraction of sp³-hybridized carbons (Fsp3) is 0.500. The summed E-state index contributed by atoms with van der Waals surface area (Å²) in [5.41, 5.74) is 0. The zero-order valence-electron chi connectivity index (χ0n) is 10.00. The minimum Gasteiger partial charge on any atom is -0.475 e. The van der Waals surface area contributed by atoms with Crippen molar-refractivity contribution in [3.05, 3.63) is 16.5 Å². The molecule has 1 aliphatic heterocycles. The molecule has 19 heavy (non-hydrogen) atoms. The fourth-order valence-corrected chi connectivity index (χ4v) is 4.33. The van der Waals surface area contributed by atoms with Gasteiger partial charge in [-0.15, -0.1) is 0 Å². The average molecular weight is 354 g/mol. The van der Waals surface area contributed by atoms with Crippen LogP contribution >= 0.6 is 15.9 Å². The molecule has 2 heterocycles. The summed E-state index contributed by atoms with van der Waals surface area (Å²) in [6.07, 6.45) is 0. The van der Waals surface area contributed by atoms with E-state index in [9.17, 15) is 13.2 Å². The second kappa shape index (κ2) is 5.23. The number of rotatable bonds is 3. The van der Waals surface area contributed by atoms with Gasteiger partial charge in [0, 0.05) is 18.7 Å². The molecule has 0 bridgehead atoms. The topological polar surface area (TPSA) is 97.0 Å². The lowest BCUT2D eigenvalue weighted by Crippen LogP contribution is -2.46. The van der Waals surface area contributed by atoms with Crippen LogP contribution in [0.25, 0.3) is 0 Å². The number of aromatic carboxylic acids is 1. The second-order valence-corrected chi connectivity index (χ2v) is 6.67. The van der Waals surface area contributed by atoms with Crippen LogP contribution in [0.15, 0.2) is 20.0 Å². The van der Waals surface area contributed by atoms with Crippen LogP contribution in [0.4, 0.5) is 0 Å². The molecule has 0 amide bonds. The second-order valence-electron chi connectivity index (χ2n) is 4.09. The van der Waals surface area contributed by atoms with Crippen LogP contribution in [0.3, 0.4) is 0 Å². The molecule has 0 aromatic carbocycles. The van der Waals surface area contributed by atoms with Gasteiger partial charge in [-0.25, -0.2) is 13.2 Å². The van der Waals surface area contributed by atoms with E-state index in [0.717, 1.165) is 6.07 Å². The third-order valence-electron chi connectivity index (χ3n) is 2.76. The average Bonchev–Trinajstić information content (AvgIpc) is 2.72. The summed E-state index contributed by atoms with van der Waals surface area (Å²) < 4.78 is 36.1. The maximum absolute atomic E-state index is 12.4. The summed E-state index contributed by atoms with van der Waals surface area (Å²) >= 11 is 2.94. The van der Waals surface area contributed by atoms with E-state index in [1.165, 1.54) is 4.31 Å². The van der Waals surface area contributed by atoms with Gasteiger partial charge in [0.05, 0.1) is 13.2 Å². The number of halogens is 1. The van der Waals surface area contributed by atoms with Crippen LogP contribution in [-0.2, 0) is 14.8 Å². The maximum atomic E-state index is 12.4. The molecule has 1 atom stereocenters. The highest BCUT2D eigenvalue weighted by Gasteiger charge is 2.35. The zero-order valence-corrected chi connectivity index (χ0v) is 12.4. The van der Waals surface area contributed by atoms with Gasteiger partial charge >= 0.3 is 5.97 Å². The number of morpholine rings is 1. The Labute approximate surface area is 118 Å².